The third-order valence-electron chi connectivity index (χ3n) is 4.32. The first-order valence-electron chi connectivity index (χ1n) is 11.0. The third kappa shape index (κ3) is 7.72. The summed E-state index contributed by atoms with van der Waals surface area (Å²) < 4.78 is 17.9. The van der Waals surface area contributed by atoms with E-state index >= 15 is 0 Å². The van der Waals surface area contributed by atoms with E-state index in [-0.39, 0.29) is 12.3 Å². The topological polar surface area (TPSA) is 121 Å². The summed E-state index contributed by atoms with van der Waals surface area (Å²) in [6.45, 7) is 10.7. The van der Waals surface area contributed by atoms with Crippen molar-refractivity contribution in [1.82, 2.24) is 25.1 Å². The van der Waals surface area contributed by atoms with Crippen molar-refractivity contribution < 1.29 is 23.5 Å². The summed E-state index contributed by atoms with van der Waals surface area (Å²) in [7, 11) is 0. The number of amides is 1. The van der Waals surface area contributed by atoms with Crippen LogP contribution in [0.3, 0.4) is 0 Å². The summed E-state index contributed by atoms with van der Waals surface area (Å²) in [5, 5.41) is 11.0. The van der Waals surface area contributed by atoms with Gasteiger partial charge < -0.3 is 19.2 Å². The van der Waals surface area contributed by atoms with Gasteiger partial charge in [0.25, 0.3) is 0 Å². The maximum absolute atomic E-state index is 12.5. The number of benzene rings is 1. The van der Waals surface area contributed by atoms with Crippen molar-refractivity contribution >= 4 is 12.2 Å². The lowest BCUT2D eigenvalue weighted by atomic mass is 10.1. The normalized spacial score (nSPS) is 12.8. The predicted molar refractivity (Wildman–Crippen MR) is 123 cm³/mol. The number of ether oxygens (including phenoxy) is 2. The number of hydrogen-bond acceptors (Lipinski definition) is 8. The van der Waals surface area contributed by atoms with E-state index in [1.54, 1.807) is 47.7 Å². The smallest absolute Gasteiger partial charge is 0.419 e. The van der Waals surface area contributed by atoms with Crippen LogP contribution >= 0.6 is 0 Å². The number of aromatic nitrogens is 4. The molecule has 34 heavy (non-hydrogen) atoms. The van der Waals surface area contributed by atoms with Gasteiger partial charge in [-0.15, -0.1) is 10.2 Å². The summed E-state index contributed by atoms with van der Waals surface area (Å²) in [5.41, 5.74) is 0.224. The van der Waals surface area contributed by atoms with Crippen molar-refractivity contribution in [3.05, 3.63) is 65.9 Å². The van der Waals surface area contributed by atoms with Crippen molar-refractivity contribution in [3.63, 3.8) is 0 Å². The highest BCUT2D eigenvalue weighted by Crippen LogP contribution is 2.20. The molecule has 2 heterocycles. The zero-order chi connectivity index (χ0) is 24.9. The molecule has 2 aromatic heterocycles. The molecule has 182 valence electrons. The first-order valence-corrected chi connectivity index (χ1v) is 11.0. The van der Waals surface area contributed by atoms with E-state index in [9.17, 15) is 9.59 Å². The van der Waals surface area contributed by atoms with Gasteiger partial charge in [0.1, 0.15) is 23.6 Å². The van der Waals surface area contributed by atoms with Crippen LogP contribution in [0, 0.1) is 0 Å². The minimum absolute atomic E-state index is 0.196. The van der Waals surface area contributed by atoms with E-state index in [1.807, 2.05) is 30.3 Å². The SMILES string of the molecule is CC(C)(C)OC(=O)NC(Cc1cn(C(=O)OC(C)(C)C)cn1)c1nnc(Cc2ccccc2)o1. The Morgan fingerprint density at radius 1 is 1.03 bits per heavy atom. The molecule has 1 atom stereocenters. The maximum atomic E-state index is 12.5. The fraction of sp³-hybridized carbons (Fsp3) is 0.458. The van der Waals surface area contributed by atoms with Gasteiger partial charge in [0, 0.05) is 12.6 Å². The second-order valence-electron chi connectivity index (χ2n) is 9.85. The maximum Gasteiger partial charge on any atom is 0.419 e. The van der Waals surface area contributed by atoms with Crippen LogP contribution in [-0.2, 0) is 22.3 Å². The van der Waals surface area contributed by atoms with Gasteiger partial charge in [-0.05, 0) is 47.1 Å². The van der Waals surface area contributed by atoms with Crippen LogP contribution in [0.1, 0.15) is 70.6 Å². The van der Waals surface area contributed by atoms with Gasteiger partial charge in [-0.1, -0.05) is 30.3 Å². The number of carbonyl (C=O) groups excluding carboxylic acids is 2. The molecule has 0 saturated heterocycles. The number of hydrogen-bond donors (Lipinski definition) is 1. The van der Waals surface area contributed by atoms with Crippen LogP contribution < -0.4 is 5.32 Å². The molecule has 1 unspecified atom stereocenters. The van der Waals surface area contributed by atoms with Crippen molar-refractivity contribution in [1.29, 1.82) is 0 Å². The molecule has 1 N–H and O–H groups in total. The molecule has 0 bridgehead atoms. The largest absolute Gasteiger partial charge is 0.444 e. The number of alkyl carbamates (subject to hydrolysis) is 1. The summed E-state index contributed by atoms with van der Waals surface area (Å²) in [6, 6.07) is 9.00. The molecule has 10 heteroatoms. The fourth-order valence-electron chi connectivity index (χ4n) is 2.99. The van der Waals surface area contributed by atoms with Crippen molar-refractivity contribution in [2.75, 3.05) is 0 Å². The van der Waals surface area contributed by atoms with Gasteiger partial charge in [-0.25, -0.2) is 19.1 Å². The summed E-state index contributed by atoms with van der Waals surface area (Å²) in [4.78, 5) is 29.1. The summed E-state index contributed by atoms with van der Waals surface area (Å²) >= 11 is 0. The number of carbonyl (C=O) groups is 2. The molecule has 0 aliphatic rings. The standard InChI is InChI=1S/C24H31N5O5/c1-23(2,3)33-21(30)26-18(13-17-14-29(15-25-17)22(31)34-24(4,5)6)20-28-27-19(32-20)12-16-10-8-7-9-11-16/h7-11,14-15,18H,12-13H2,1-6H3,(H,26,30). The van der Waals surface area contributed by atoms with Crippen LogP contribution in [0.4, 0.5) is 9.59 Å². The van der Waals surface area contributed by atoms with Gasteiger partial charge in [-0.3, -0.25) is 0 Å². The average molecular weight is 470 g/mol. The molecule has 0 spiro atoms. The van der Waals surface area contributed by atoms with E-state index in [0.29, 0.717) is 18.0 Å². The van der Waals surface area contributed by atoms with E-state index in [0.717, 1.165) is 5.56 Å². The van der Waals surface area contributed by atoms with Gasteiger partial charge in [0.2, 0.25) is 11.8 Å². The number of rotatable bonds is 6. The van der Waals surface area contributed by atoms with Gasteiger partial charge in [0.15, 0.2) is 0 Å². The highest BCUT2D eigenvalue weighted by molar-refractivity contribution is 5.70. The lowest BCUT2D eigenvalue weighted by molar-refractivity contribution is 0.0491. The van der Waals surface area contributed by atoms with Gasteiger partial charge in [0.05, 0.1) is 12.1 Å². The fourth-order valence-corrected chi connectivity index (χ4v) is 2.99. The molecule has 0 radical (unpaired) electrons. The number of nitrogens with one attached hydrogen (secondary N) is 1. The molecule has 0 saturated carbocycles. The van der Waals surface area contributed by atoms with Crippen LogP contribution in [0.5, 0.6) is 0 Å². The monoisotopic (exact) mass is 469 g/mol. The molecular formula is C24H31N5O5. The highest BCUT2D eigenvalue weighted by atomic mass is 16.6. The highest BCUT2D eigenvalue weighted by Gasteiger charge is 2.26. The number of imidazole rings is 1. The van der Waals surface area contributed by atoms with Crippen molar-refractivity contribution in [2.24, 2.45) is 0 Å². The third-order valence-corrected chi connectivity index (χ3v) is 4.32. The van der Waals surface area contributed by atoms with Crippen molar-refractivity contribution in [2.45, 2.75) is 71.6 Å². The molecule has 1 aromatic carbocycles. The van der Waals surface area contributed by atoms with E-state index in [2.05, 4.69) is 20.5 Å². The molecule has 0 fully saturated rings. The Morgan fingerprint density at radius 3 is 2.35 bits per heavy atom. The van der Waals surface area contributed by atoms with Crippen LogP contribution in [0.2, 0.25) is 0 Å². The minimum Gasteiger partial charge on any atom is -0.444 e. The van der Waals surface area contributed by atoms with Gasteiger partial charge in [-0.2, -0.15) is 0 Å². The van der Waals surface area contributed by atoms with Crippen molar-refractivity contribution in [3.8, 4) is 0 Å². The molecular weight excluding hydrogens is 438 g/mol. The average Bonchev–Trinajstić information content (AvgIpc) is 3.35. The predicted octanol–water partition coefficient (Wildman–Crippen LogP) is 4.45. The Balaban J connectivity index is 1.78. The second-order valence-corrected chi connectivity index (χ2v) is 9.85. The summed E-state index contributed by atoms with van der Waals surface area (Å²) in [5.74, 6) is 0.625. The Kier molecular flexibility index (Phi) is 7.38. The Bertz CT molecular complexity index is 1110. The summed E-state index contributed by atoms with van der Waals surface area (Å²) in [6.07, 6.45) is 2.38. The van der Waals surface area contributed by atoms with Gasteiger partial charge >= 0.3 is 12.2 Å². The quantitative estimate of drug-likeness (QED) is 0.562. The number of nitrogens with zero attached hydrogens (tertiary/aromatic N) is 4. The molecule has 3 aromatic rings. The lowest BCUT2D eigenvalue weighted by Crippen LogP contribution is -2.36. The van der Waals surface area contributed by atoms with E-state index < -0.39 is 29.4 Å². The van der Waals surface area contributed by atoms with E-state index in [4.69, 9.17) is 13.9 Å². The molecule has 0 aliphatic heterocycles. The minimum atomic E-state index is -0.714. The Morgan fingerprint density at radius 2 is 1.71 bits per heavy atom. The molecule has 1 amide bonds. The van der Waals surface area contributed by atoms with E-state index in [1.165, 1.54) is 10.9 Å². The zero-order valence-electron chi connectivity index (χ0n) is 20.4. The Labute approximate surface area is 198 Å². The first kappa shape index (κ1) is 24.9. The van der Waals surface area contributed by atoms with Crippen LogP contribution in [0.25, 0.3) is 0 Å². The second kappa shape index (κ2) is 10.1. The lowest BCUT2D eigenvalue weighted by Gasteiger charge is -2.22. The molecule has 10 nitrogen and oxygen atoms in total. The molecule has 0 aliphatic carbocycles. The first-order chi connectivity index (χ1) is 15.9. The molecule has 3 rings (SSSR count). The van der Waals surface area contributed by atoms with Crippen LogP contribution in [-0.4, -0.2) is 43.1 Å². The Hall–Kier alpha value is -3.69. The van der Waals surface area contributed by atoms with Crippen LogP contribution in [0.15, 0.2) is 47.3 Å². The zero-order valence-corrected chi connectivity index (χ0v) is 20.4.